The van der Waals surface area contributed by atoms with Crippen molar-refractivity contribution in [3.8, 4) is 22.9 Å². The van der Waals surface area contributed by atoms with Crippen LogP contribution in [-0.2, 0) is 13.6 Å². The summed E-state index contributed by atoms with van der Waals surface area (Å²) in [7, 11) is 1.84. The molecule has 5 heterocycles. The molecular weight excluding hydrogens is 534 g/mol. The molecule has 1 aromatic carbocycles. The van der Waals surface area contributed by atoms with Gasteiger partial charge in [0.05, 0.1) is 29.6 Å². The molecule has 2 aliphatic rings. The topological polar surface area (TPSA) is 120 Å². The number of piperidine rings is 1. The number of hydrogen-bond acceptors (Lipinski definition) is 8. The number of aromatic nitrogens is 5. The van der Waals surface area contributed by atoms with Crippen molar-refractivity contribution in [2.24, 2.45) is 7.05 Å². The number of ether oxygens (including phenoxy) is 2. The van der Waals surface area contributed by atoms with E-state index < -0.39 is 6.23 Å². The maximum Gasteiger partial charge on any atom is 0.258 e. The highest BCUT2D eigenvalue weighted by atomic mass is 16.5. The van der Waals surface area contributed by atoms with Gasteiger partial charge in [-0.2, -0.15) is 5.10 Å². The molecule has 11 nitrogen and oxygen atoms in total. The van der Waals surface area contributed by atoms with Crippen LogP contribution < -0.4 is 14.8 Å². The molecule has 4 aromatic rings. The van der Waals surface area contributed by atoms with Gasteiger partial charge in [-0.3, -0.25) is 20.0 Å². The number of nitrogens with one attached hydrogen (secondary N) is 1. The number of benzene rings is 1. The van der Waals surface area contributed by atoms with Crippen LogP contribution in [0.1, 0.15) is 48.2 Å². The summed E-state index contributed by atoms with van der Waals surface area (Å²) in [4.78, 5) is 25.1. The molecule has 1 saturated heterocycles. The van der Waals surface area contributed by atoms with Gasteiger partial charge in [0.2, 0.25) is 11.8 Å². The predicted molar refractivity (Wildman–Crippen MR) is 160 cm³/mol. The molecule has 0 spiro atoms. The van der Waals surface area contributed by atoms with E-state index in [1.54, 1.807) is 29.1 Å². The fraction of sp³-hybridized carbons (Fsp3) is 0.419. The van der Waals surface area contributed by atoms with Crippen molar-refractivity contribution < 1.29 is 19.4 Å². The van der Waals surface area contributed by atoms with Crippen LogP contribution in [0.5, 0.6) is 11.6 Å². The Morgan fingerprint density at radius 1 is 1.19 bits per heavy atom. The Morgan fingerprint density at radius 3 is 2.93 bits per heavy atom. The third-order valence-corrected chi connectivity index (χ3v) is 7.88. The Morgan fingerprint density at radius 2 is 2.07 bits per heavy atom. The minimum absolute atomic E-state index is 0.0894. The summed E-state index contributed by atoms with van der Waals surface area (Å²) < 4.78 is 16.5. The summed E-state index contributed by atoms with van der Waals surface area (Å²) in [6.07, 6.45) is 6.93. The summed E-state index contributed by atoms with van der Waals surface area (Å²) in [6, 6.07) is 9.34. The van der Waals surface area contributed by atoms with Crippen LogP contribution in [0.15, 0.2) is 49.2 Å². The van der Waals surface area contributed by atoms with E-state index in [2.05, 4.69) is 26.5 Å². The average Bonchev–Trinajstić information content (AvgIpc) is 3.53. The molecule has 2 atom stereocenters. The molecule has 1 amide bonds. The molecular formula is C31H37N7O4. The maximum absolute atomic E-state index is 13.6. The zero-order valence-corrected chi connectivity index (χ0v) is 24.1. The van der Waals surface area contributed by atoms with E-state index in [1.807, 2.05) is 37.1 Å². The lowest BCUT2D eigenvalue weighted by molar-refractivity contribution is -0.00984. The zero-order valence-electron chi connectivity index (χ0n) is 24.1. The van der Waals surface area contributed by atoms with Crippen LogP contribution >= 0.6 is 0 Å². The van der Waals surface area contributed by atoms with Crippen LogP contribution in [0, 0.1) is 6.92 Å². The van der Waals surface area contributed by atoms with Crippen molar-refractivity contribution in [3.63, 3.8) is 0 Å². The van der Waals surface area contributed by atoms with Crippen molar-refractivity contribution in [3.05, 3.63) is 60.4 Å². The van der Waals surface area contributed by atoms with Crippen molar-refractivity contribution >= 4 is 22.9 Å². The zero-order chi connectivity index (χ0) is 29.2. The van der Waals surface area contributed by atoms with Gasteiger partial charge in [-0.15, -0.1) is 0 Å². The summed E-state index contributed by atoms with van der Waals surface area (Å²) in [6.45, 7) is 8.18. The molecule has 0 radical (unpaired) electrons. The van der Waals surface area contributed by atoms with E-state index in [0.717, 1.165) is 55.2 Å². The number of nitrogens with zero attached hydrogens (tertiary/aromatic N) is 6. The predicted octanol–water partition coefficient (Wildman–Crippen LogP) is 4.30. The lowest BCUT2D eigenvalue weighted by Gasteiger charge is -2.34. The molecule has 2 bridgehead atoms. The second kappa shape index (κ2) is 11.9. The highest BCUT2D eigenvalue weighted by Crippen LogP contribution is 2.33. The second-order valence-electron chi connectivity index (χ2n) is 11.0. The van der Waals surface area contributed by atoms with Gasteiger partial charge >= 0.3 is 0 Å². The fourth-order valence-electron chi connectivity index (χ4n) is 5.79. The number of aliphatic hydroxyl groups excluding tert-OH is 1. The molecule has 6 rings (SSSR count). The van der Waals surface area contributed by atoms with Crippen LogP contribution in [-0.4, -0.2) is 72.3 Å². The standard InChI is InChI=1S/C31H37N7O4/c1-4-27(39)37-13-9-10-22(19-37)42-26-12-8-11-24-28(26)38-14-6-5-7-15-41-30-23(18-32-36(30)3)25-17-21(16-20(2)33-25)29(40)35-31(38)34-24/h4,8,11-12,16-18,22,27,39H,1,5-7,9-10,13-15,19H2,2-3H3,(H,34,35,40). The Bertz CT molecular complexity index is 1610. The number of anilines is 1. The highest BCUT2D eigenvalue weighted by molar-refractivity contribution is 6.05. The quantitative estimate of drug-likeness (QED) is 0.348. The Balaban J connectivity index is 1.35. The number of aliphatic hydroxyl groups is 1. The molecule has 0 aliphatic carbocycles. The molecule has 2 unspecified atom stereocenters. The summed E-state index contributed by atoms with van der Waals surface area (Å²) >= 11 is 0. The first-order valence-corrected chi connectivity index (χ1v) is 14.6. The SMILES string of the molecule is C=CC(O)N1CCCC(Oc2cccc3nc4n(c23)CCCCCOc2c(cnn2C)-c2cc(cc(C)n2)C(=O)N4)C1. The second-order valence-corrected chi connectivity index (χ2v) is 11.0. The number of amides is 1. The number of carbonyl (C=O) groups excluding carboxylic acids is 1. The minimum atomic E-state index is -0.694. The number of para-hydroxylation sites is 1. The van der Waals surface area contributed by atoms with E-state index in [-0.39, 0.29) is 12.0 Å². The normalized spacial score (nSPS) is 19.0. The minimum Gasteiger partial charge on any atom is -0.487 e. The van der Waals surface area contributed by atoms with Gasteiger partial charge < -0.3 is 19.1 Å². The first-order chi connectivity index (χ1) is 20.4. The molecule has 220 valence electrons. The van der Waals surface area contributed by atoms with Gasteiger partial charge in [-0.05, 0) is 69.4 Å². The first-order valence-electron chi connectivity index (χ1n) is 14.6. The van der Waals surface area contributed by atoms with Gasteiger partial charge in [0, 0.05) is 37.9 Å². The molecule has 2 aliphatic heterocycles. The van der Waals surface area contributed by atoms with Crippen molar-refractivity contribution in [1.82, 2.24) is 29.2 Å². The van der Waals surface area contributed by atoms with Crippen molar-refractivity contribution in [2.45, 2.75) is 57.9 Å². The lowest BCUT2D eigenvalue weighted by Crippen LogP contribution is -2.45. The van der Waals surface area contributed by atoms with E-state index in [9.17, 15) is 9.90 Å². The third-order valence-electron chi connectivity index (χ3n) is 7.88. The van der Waals surface area contributed by atoms with Crippen molar-refractivity contribution in [2.75, 3.05) is 25.0 Å². The van der Waals surface area contributed by atoms with Crippen LogP contribution in [0.3, 0.4) is 0 Å². The molecule has 11 heteroatoms. The molecule has 42 heavy (non-hydrogen) atoms. The van der Waals surface area contributed by atoms with Crippen LogP contribution in [0.25, 0.3) is 22.3 Å². The van der Waals surface area contributed by atoms with E-state index >= 15 is 0 Å². The number of fused-ring (bicyclic) bond motifs is 7. The van der Waals surface area contributed by atoms with Crippen LogP contribution in [0.2, 0.25) is 0 Å². The summed E-state index contributed by atoms with van der Waals surface area (Å²) in [5.41, 5.74) is 4.16. The lowest BCUT2D eigenvalue weighted by atomic mass is 10.1. The molecule has 0 saturated carbocycles. The van der Waals surface area contributed by atoms with Gasteiger partial charge in [0.25, 0.3) is 5.91 Å². The Labute approximate surface area is 244 Å². The van der Waals surface area contributed by atoms with Crippen LogP contribution in [0.4, 0.5) is 5.95 Å². The van der Waals surface area contributed by atoms with E-state index in [1.165, 1.54) is 0 Å². The number of likely N-dealkylation sites (tertiary alicyclic amines) is 1. The number of aryl methyl sites for hydroxylation is 3. The monoisotopic (exact) mass is 571 g/mol. The number of pyridine rings is 1. The number of carbonyl (C=O) groups is 1. The Hall–Kier alpha value is -4.22. The largest absolute Gasteiger partial charge is 0.487 e. The smallest absolute Gasteiger partial charge is 0.258 e. The van der Waals surface area contributed by atoms with E-state index in [4.69, 9.17) is 14.5 Å². The van der Waals surface area contributed by atoms with Gasteiger partial charge in [0.1, 0.15) is 23.6 Å². The molecule has 2 N–H and O–H groups in total. The first kappa shape index (κ1) is 27.9. The van der Waals surface area contributed by atoms with E-state index in [0.29, 0.717) is 54.2 Å². The Kier molecular flexibility index (Phi) is 7.94. The molecule has 3 aromatic heterocycles. The van der Waals surface area contributed by atoms with Gasteiger partial charge in [-0.1, -0.05) is 12.6 Å². The fourth-order valence-corrected chi connectivity index (χ4v) is 5.79. The van der Waals surface area contributed by atoms with Gasteiger partial charge in [-0.25, -0.2) is 9.67 Å². The average molecular weight is 572 g/mol. The summed E-state index contributed by atoms with van der Waals surface area (Å²) in [5.74, 6) is 1.55. The number of imidazole rings is 1. The van der Waals surface area contributed by atoms with Crippen molar-refractivity contribution in [1.29, 1.82) is 0 Å². The van der Waals surface area contributed by atoms with Gasteiger partial charge in [0.15, 0.2) is 0 Å². The molecule has 1 fully saturated rings. The third kappa shape index (κ3) is 5.62. The number of rotatable bonds is 4. The maximum atomic E-state index is 13.6. The highest BCUT2D eigenvalue weighted by Gasteiger charge is 2.26. The number of hydrogen-bond donors (Lipinski definition) is 2. The summed E-state index contributed by atoms with van der Waals surface area (Å²) in [5, 5.41) is 17.7.